The zero-order valence-electron chi connectivity index (χ0n) is 17.4. The van der Waals surface area contributed by atoms with Crippen LogP contribution in [0.2, 0.25) is 0 Å². The molecule has 1 aliphatic rings. The van der Waals surface area contributed by atoms with E-state index < -0.39 is 0 Å². The van der Waals surface area contributed by atoms with E-state index in [1.165, 1.54) is 0 Å². The highest BCUT2D eigenvalue weighted by Crippen LogP contribution is 2.25. The summed E-state index contributed by atoms with van der Waals surface area (Å²) in [6, 6.07) is 18.0. The van der Waals surface area contributed by atoms with Crippen molar-refractivity contribution in [3.8, 4) is 11.5 Å². The van der Waals surface area contributed by atoms with Crippen molar-refractivity contribution in [2.75, 3.05) is 19.5 Å². The van der Waals surface area contributed by atoms with Gasteiger partial charge in [-0.05, 0) is 56.0 Å². The fourth-order valence-corrected chi connectivity index (χ4v) is 3.94. The molecular weight excluding hydrogens is 378 g/mol. The molecule has 2 N–H and O–H groups in total. The first kappa shape index (κ1) is 20.0. The number of para-hydroxylation sites is 1. The molecule has 30 heavy (non-hydrogen) atoms. The molecule has 6 nitrogen and oxygen atoms in total. The molecule has 1 aliphatic carbocycles. The second kappa shape index (κ2) is 9.03. The van der Waals surface area contributed by atoms with Crippen molar-refractivity contribution < 1.29 is 14.3 Å². The topological polar surface area (TPSA) is 72.5 Å². The van der Waals surface area contributed by atoms with Crippen LogP contribution in [0.15, 0.2) is 54.6 Å². The zero-order valence-corrected chi connectivity index (χ0v) is 17.4. The average Bonchev–Trinajstić information content (AvgIpc) is 2.79. The van der Waals surface area contributed by atoms with Crippen LogP contribution in [0.1, 0.15) is 36.0 Å². The summed E-state index contributed by atoms with van der Waals surface area (Å²) in [6.07, 6.45) is 3.83. The van der Waals surface area contributed by atoms with E-state index in [0.29, 0.717) is 23.1 Å². The summed E-state index contributed by atoms with van der Waals surface area (Å²) in [5.74, 6) is 2.02. The maximum atomic E-state index is 12.7. The van der Waals surface area contributed by atoms with Gasteiger partial charge in [0.25, 0.3) is 5.91 Å². The van der Waals surface area contributed by atoms with E-state index in [2.05, 4.69) is 22.8 Å². The Morgan fingerprint density at radius 3 is 2.27 bits per heavy atom. The van der Waals surface area contributed by atoms with Gasteiger partial charge in [-0.1, -0.05) is 18.2 Å². The molecule has 0 unspecified atom stereocenters. The Bertz CT molecular complexity index is 1010. The van der Waals surface area contributed by atoms with Crippen LogP contribution in [0.5, 0.6) is 11.5 Å². The fraction of sp³-hybridized carbons (Fsp3) is 0.333. The Morgan fingerprint density at radius 1 is 0.900 bits per heavy atom. The molecule has 6 heteroatoms. The lowest BCUT2D eigenvalue weighted by molar-refractivity contribution is 0.0926. The predicted octanol–water partition coefficient (Wildman–Crippen LogP) is 4.41. The van der Waals surface area contributed by atoms with Crippen LogP contribution in [-0.4, -0.2) is 37.2 Å². The lowest BCUT2D eigenvalue weighted by Crippen LogP contribution is -2.40. The highest BCUT2D eigenvalue weighted by molar-refractivity contribution is 5.95. The van der Waals surface area contributed by atoms with Crippen molar-refractivity contribution in [1.82, 2.24) is 10.3 Å². The Morgan fingerprint density at radius 2 is 1.57 bits per heavy atom. The van der Waals surface area contributed by atoms with Crippen molar-refractivity contribution in [2.45, 2.75) is 37.8 Å². The molecule has 0 saturated heterocycles. The third kappa shape index (κ3) is 4.64. The summed E-state index contributed by atoms with van der Waals surface area (Å²) >= 11 is 0. The van der Waals surface area contributed by atoms with Crippen LogP contribution in [0.3, 0.4) is 0 Å². The van der Waals surface area contributed by atoms with Crippen molar-refractivity contribution in [2.24, 2.45) is 0 Å². The third-order valence-electron chi connectivity index (χ3n) is 5.63. The molecule has 1 amide bonds. The molecule has 2 aromatic carbocycles. The molecule has 3 aromatic rings. The van der Waals surface area contributed by atoms with Gasteiger partial charge in [-0.25, -0.2) is 4.98 Å². The summed E-state index contributed by atoms with van der Waals surface area (Å²) in [5.41, 5.74) is 1.55. The Kier molecular flexibility index (Phi) is 6.02. The number of fused-ring (bicyclic) bond motifs is 1. The van der Waals surface area contributed by atoms with E-state index in [9.17, 15) is 4.79 Å². The number of hydrogen-bond acceptors (Lipinski definition) is 5. The quantitative estimate of drug-likeness (QED) is 0.636. The molecule has 156 valence electrons. The Balaban J connectivity index is 1.32. The highest BCUT2D eigenvalue weighted by Gasteiger charge is 2.23. The average molecular weight is 405 g/mol. The number of nitrogens with zero attached hydrogens (tertiary/aromatic N) is 1. The van der Waals surface area contributed by atoms with E-state index in [-0.39, 0.29) is 11.9 Å². The molecule has 0 atom stereocenters. The minimum atomic E-state index is -0.0974. The minimum absolute atomic E-state index is 0.0974. The standard InChI is InChI=1S/C24H27N3O3/c1-29-20-13-17(14-21(15-20)30-2)24(28)26-19-10-8-18(9-11-19)25-23-12-7-16-5-3-4-6-22(16)27-23/h3-7,12-15,18-19H,8-11H2,1-2H3,(H,25,27)(H,26,28)/t18-,19+. The van der Waals surface area contributed by atoms with E-state index in [1.54, 1.807) is 32.4 Å². The smallest absolute Gasteiger partial charge is 0.251 e. The first-order valence-corrected chi connectivity index (χ1v) is 10.3. The van der Waals surface area contributed by atoms with Crippen LogP contribution < -0.4 is 20.1 Å². The van der Waals surface area contributed by atoms with E-state index >= 15 is 0 Å². The largest absolute Gasteiger partial charge is 0.497 e. The number of ether oxygens (including phenoxy) is 2. The van der Waals surface area contributed by atoms with E-state index in [1.807, 2.05) is 24.3 Å². The molecule has 0 radical (unpaired) electrons. The maximum Gasteiger partial charge on any atom is 0.251 e. The molecule has 1 saturated carbocycles. The second-order valence-electron chi connectivity index (χ2n) is 7.66. The Hall–Kier alpha value is -3.28. The number of amides is 1. The lowest BCUT2D eigenvalue weighted by Gasteiger charge is -2.30. The summed E-state index contributed by atoms with van der Waals surface area (Å²) < 4.78 is 10.5. The number of carbonyl (C=O) groups is 1. The van der Waals surface area contributed by atoms with Crippen LogP contribution in [0, 0.1) is 0 Å². The Labute approximate surface area is 176 Å². The summed E-state index contributed by atoms with van der Waals surface area (Å²) in [7, 11) is 3.16. The number of benzene rings is 2. The fourth-order valence-electron chi connectivity index (χ4n) is 3.94. The van der Waals surface area contributed by atoms with Gasteiger partial charge in [-0.2, -0.15) is 0 Å². The second-order valence-corrected chi connectivity index (χ2v) is 7.66. The molecule has 0 bridgehead atoms. The number of carbonyl (C=O) groups excluding carboxylic acids is 1. The molecule has 4 rings (SSSR count). The van der Waals surface area contributed by atoms with Crippen LogP contribution in [-0.2, 0) is 0 Å². The van der Waals surface area contributed by atoms with Crippen molar-refractivity contribution in [3.05, 3.63) is 60.2 Å². The van der Waals surface area contributed by atoms with Gasteiger partial charge in [-0.15, -0.1) is 0 Å². The highest BCUT2D eigenvalue weighted by atomic mass is 16.5. The lowest BCUT2D eigenvalue weighted by atomic mass is 9.91. The van der Waals surface area contributed by atoms with Gasteiger partial charge in [0.1, 0.15) is 17.3 Å². The number of nitrogens with one attached hydrogen (secondary N) is 2. The van der Waals surface area contributed by atoms with Crippen molar-refractivity contribution >= 4 is 22.6 Å². The van der Waals surface area contributed by atoms with Crippen molar-refractivity contribution in [1.29, 1.82) is 0 Å². The molecule has 1 aromatic heterocycles. The maximum absolute atomic E-state index is 12.7. The summed E-state index contributed by atoms with van der Waals surface area (Å²) in [6.45, 7) is 0. The SMILES string of the molecule is COc1cc(OC)cc(C(=O)N[C@H]2CC[C@@H](Nc3ccc4ccccc4n3)CC2)c1. The van der Waals surface area contributed by atoms with Gasteiger partial charge >= 0.3 is 0 Å². The predicted molar refractivity (Wildman–Crippen MR) is 118 cm³/mol. The first-order chi connectivity index (χ1) is 14.6. The van der Waals surface area contributed by atoms with Crippen LogP contribution in [0.25, 0.3) is 10.9 Å². The molecule has 1 heterocycles. The molecule has 1 fully saturated rings. The number of hydrogen-bond donors (Lipinski definition) is 2. The number of anilines is 1. The first-order valence-electron chi connectivity index (χ1n) is 10.3. The normalized spacial score (nSPS) is 18.6. The van der Waals surface area contributed by atoms with Gasteiger partial charge in [0.15, 0.2) is 0 Å². The molecule has 0 spiro atoms. The van der Waals surface area contributed by atoms with Crippen LogP contribution >= 0.6 is 0 Å². The minimum Gasteiger partial charge on any atom is -0.497 e. The number of rotatable bonds is 6. The van der Waals surface area contributed by atoms with Crippen LogP contribution in [0.4, 0.5) is 5.82 Å². The number of aromatic nitrogens is 1. The molecular formula is C24H27N3O3. The van der Waals surface area contributed by atoms with Gasteiger partial charge < -0.3 is 20.1 Å². The summed E-state index contributed by atoms with van der Waals surface area (Å²) in [5, 5.41) is 7.85. The summed E-state index contributed by atoms with van der Waals surface area (Å²) in [4.78, 5) is 17.4. The van der Waals surface area contributed by atoms with E-state index in [4.69, 9.17) is 14.5 Å². The third-order valence-corrected chi connectivity index (χ3v) is 5.63. The number of pyridine rings is 1. The van der Waals surface area contributed by atoms with Gasteiger partial charge in [0, 0.05) is 29.1 Å². The van der Waals surface area contributed by atoms with Crippen molar-refractivity contribution in [3.63, 3.8) is 0 Å². The zero-order chi connectivity index (χ0) is 20.9. The number of methoxy groups -OCH3 is 2. The van der Waals surface area contributed by atoms with Gasteiger partial charge in [0.2, 0.25) is 0 Å². The monoisotopic (exact) mass is 405 g/mol. The van der Waals surface area contributed by atoms with E-state index in [0.717, 1.165) is 42.4 Å². The molecule has 0 aliphatic heterocycles. The van der Waals surface area contributed by atoms with Gasteiger partial charge in [-0.3, -0.25) is 4.79 Å². The van der Waals surface area contributed by atoms with Gasteiger partial charge in [0.05, 0.1) is 19.7 Å².